The molecule has 1 aliphatic heterocycles. The van der Waals surface area contributed by atoms with Crippen LogP contribution < -0.4 is 5.32 Å². The average Bonchev–Trinajstić information content (AvgIpc) is 3.14. The van der Waals surface area contributed by atoms with Crippen molar-refractivity contribution in [2.24, 2.45) is 5.92 Å². The first kappa shape index (κ1) is 18.1. The molecule has 0 saturated carbocycles. The van der Waals surface area contributed by atoms with Crippen molar-refractivity contribution in [3.8, 4) is 0 Å². The van der Waals surface area contributed by atoms with Gasteiger partial charge in [0.1, 0.15) is 4.21 Å². The van der Waals surface area contributed by atoms with Crippen LogP contribution in [0.25, 0.3) is 0 Å². The molecule has 0 bridgehead atoms. The fourth-order valence-electron chi connectivity index (χ4n) is 3.03. The number of sulfonamides is 1. The third kappa shape index (κ3) is 3.78. The summed E-state index contributed by atoms with van der Waals surface area (Å²) < 4.78 is 27.1. The molecular weight excluding hydrogens is 356 g/mol. The number of carbonyl (C=O) groups is 1. The Morgan fingerprint density at radius 3 is 2.76 bits per heavy atom. The molecule has 7 heteroatoms. The number of hydrogen-bond donors (Lipinski definition) is 1. The Labute approximate surface area is 152 Å². The van der Waals surface area contributed by atoms with Gasteiger partial charge in [-0.1, -0.05) is 18.2 Å². The Hall–Kier alpha value is -1.70. The molecule has 1 aromatic heterocycles. The number of thiophene rings is 1. The number of hydrogen-bond acceptors (Lipinski definition) is 4. The van der Waals surface area contributed by atoms with Crippen molar-refractivity contribution in [2.45, 2.75) is 30.9 Å². The number of aryl methyl sites for hydroxylation is 1. The Morgan fingerprint density at radius 2 is 2.04 bits per heavy atom. The van der Waals surface area contributed by atoms with Crippen molar-refractivity contribution in [2.75, 3.05) is 18.4 Å². The molecule has 0 radical (unpaired) electrons. The third-order valence-corrected chi connectivity index (χ3v) is 7.94. The van der Waals surface area contributed by atoms with E-state index in [9.17, 15) is 13.2 Å². The van der Waals surface area contributed by atoms with E-state index in [1.54, 1.807) is 17.5 Å². The van der Waals surface area contributed by atoms with E-state index in [1.165, 1.54) is 15.6 Å². The van der Waals surface area contributed by atoms with Gasteiger partial charge in [0.25, 0.3) is 10.0 Å². The molecule has 1 fully saturated rings. The lowest BCUT2D eigenvalue weighted by molar-refractivity contribution is -0.120. The second kappa shape index (κ2) is 7.27. The van der Waals surface area contributed by atoms with E-state index >= 15 is 0 Å². The van der Waals surface area contributed by atoms with Crippen LogP contribution in [0.15, 0.2) is 39.9 Å². The van der Waals surface area contributed by atoms with Gasteiger partial charge in [-0.05, 0) is 55.3 Å². The van der Waals surface area contributed by atoms with Gasteiger partial charge in [-0.25, -0.2) is 8.42 Å². The number of nitrogens with zero attached hydrogens (tertiary/aromatic N) is 1. The minimum atomic E-state index is -3.50. The number of rotatable bonds is 4. The van der Waals surface area contributed by atoms with E-state index in [0.717, 1.165) is 16.8 Å². The van der Waals surface area contributed by atoms with Gasteiger partial charge in [0.2, 0.25) is 5.91 Å². The fraction of sp³-hybridized carbons (Fsp3) is 0.389. The molecule has 25 heavy (non-hydrogen) atoms. The summed E-state index contributed by atoms with van der Waals surface area (Å²) in [6, 6.07) is 9.13. The summed E-state index contributed by atoms with van der Waals surface area (Å²) in [5.74, 6) is -0.442. The molecule has 1 atom stereocenters. The Morgan fingerprint density at radius 1 is 1.24 bits per heavy atom. The number of nitrogens with one attached hydrogen (secondary N) is 1. The van der Waals surface area contributed by atoms with Crippen molar-refractivity contribution in [1.82, 2.24) is 4.31 Å². The lowest BCUT2D eigenvalue weighted by Gasteiger charge is -2.31. The predicted molar refractivity (Wildman–Crippen MR) is 100 cm³/mol. The zero-order valence-electron chi connectivity index (χ0n) is 14.4. The van der Waals surface area contributed by atoms with Crippen LogP contribution in [0.1, 0.15) is 24.0 Å². The van der Waals surface area contributed by atoms with E-state index in [4.69, 9.17) is 0 Å². The topological polar surface area (TPSA) is 66.5 Å². The molecular formula is C18H22N2O3S2. The summed E-state index contributed by atoms with van der Waals surface area (Å²) in [4.78, 5) is 12.7. The highest BCUT2D eigenvalue weighted by Gasteiger charge is 2.33. The number of carbonyl (C=O) groups excluding carboxylic acids is 1. The van der Waals surface area contributed by atoms with Gasteiger partial charge < -0.3 is 5.32 Å². The van der Waals surface area contributed by atoms with Gasteiger partial charge in [0.05, 0.1) is 5.92 Å². The Balaban J connectivity index is 1.73. The van der Waals surface area contributed by atoms with Gasteiger partial charge in [-0.2, -0.15) is 4.31 Å². The average molecular weight is 379 g/mol. The summed E-state index contributed by atoms with van der Waals surface area (Å²) >= 11 is 1.21. The van der Waals surface area contributed by atoms with Crippen LogP contribution in [0.3, 0.4) is 0 Å². The SMILES string of the molecule is Cc1cccc(NC(=O)[C@H]2CCCN(S(=O)(=O)c3cccs3)C2)c1C. The maximum atomic E-state index is 12.7. The van der Waals surface area contributed by atoms with Crippen molar-refractivity contribution in [1.29, 1.82) is 0 Å². The van der Waals surface area contributed by atoms with E-state index in [2.05, 4.69) is 5.32 Å². The van der Waals surface area contributed by atoms with Crippen molar-refractivity contribution in [3.05, 3.63) is 46.8 Å². The van der Waals surface area contributed by atoms with Crippen LogP contribution in [-0.2, 0) is 14.8 Å². The lowest BCUT2D eigenvalue weighted by Crippen LogP contribution is -2.43. The summed E-state index contributed by atoms with van der Waals surface area (Å²) in [5.41, 5.74) is 2.95. The molecule has 0 spiro atoms. The molecule has 2 heterocycles. The molecule has 5 nitrogen and oxygen atoms in total. The normalized spacial score (nSPS) is 18.9. The van der Waals surface area contributed by atoms with Crippen molar-refractivity contribution in [3.63, 3.8) is 0 Å². The van der Waals surface area contributed by atoms with Crippen LogP contribution in [0.4, 0.5) is 5.69 Å². The second-order valence-electron chi connectivity index (χ2n) is 6.37. The Bertz CT molecular complexity index is 860. The monoisotopic (exact) mass is 378 g/mol. The summed E-state index contributed by atoms with van der Waals surface area (Å²) in [6.45, 7) is 4.67. The van der Waals surface area contributed by atoms with Crippen LogP contribution >= 0.6 is 11.3 Å². The van der Waals surface area contributed by atoms with Crippen LogP contribution in [0, 0.1) is 19.8 Å². The third-order valence-electron chi connectivity index (χ3n) is 4.71. The molecule has 0 aliphatic carbocycles. The summed E-state index contributed by atoms with van der Waals surface area (Å²) in [6.07, 6.45) is 1.39. The first-order valence-electron chi connectivity index (χ1n) is 8.30. The molecule has 1 amide bonds. The van der Waals surface area contributed by atoms with Gasteiger partial charge in [0, 0.05) is 18.8 Å². The summed E-state index contributed by atoms with van der Waals surface area (Å²) in [5, 5.41) is 4.72. The molecule has 1 aliphatic rings. The van der Waals surface area contributed by atoms with Crippen LogP contribution in [0.2, 0.25) is 0 Å². The minimum Gasteiger partial charge on any atom is -0.326 e. The van der Waals surface area contributed by atoms with Gasteiger partial charge >= 0.3 is 0 Å². The maximum absolute atomic E-state index is 12.7. The molecule has 3 rings (SSSR count). The first-order valence-corrected chi connectivity index (χ1v) is 10.6. The highest BCUT2D eigenvalue weighted by atomic mass is 32.2. The standard InChI is InChI=1S/C18H22N2O3S2/c1-13-6-3-8-16(14(13)2)19-18(21)15-7-4-10-20(12-15)25(22,23)17-9-5-11-24-17/h3,5-6,8-9,11,15H,4,7,10,12H2,1-2H3,(H,19,21)/t15-/m0/s1. The van der Waals surface area contributed by atoms with Crippen LogP contribution in [0.5, 0.6) is 0 Å². The molecule has 0 unspecified atom stereocenters. The molecule has 1 saturated heterocycles. The molecule has 2 aromatic rings. The highest BCUT2D eigenvalue weighted by Crippen LogP contribution is 2.27. The quantitative estimate of drug-likeness (QED) is 0.887. The minimum absolute atomic E-state index is 0.111. The van der Waals surface area contributed by atoms with E-state index < -0.39 is 10.0 Å². The molecule has 1 aromatic carbocycles. The second-order valence-corrected chi connectivity index (χ2v) is 9.48. The fourth-order valence-corrected chi connectivity index (χ4v) is 5.70. The number of anilines is 1. The number of benzene rings is 1. The largest absolute Gasteiger partial charge is 0.326 e. The smallest absolute Gasteiger partial charge is 0.252 e. The number of piperidine rings is 1. The predicted octanol–water partition coefficient (Wildman–Crippen LogP) is 3.40. The Kier molecular flexibility index (Phi) is 5.27. The van der Waals surface area contributed by atoms with E-state index in [-0.39, 0.29) is 18.4 Å². The lowest BCUT2D eigenvalue weighted by atomic mass is 9.98. The van der Waals surface area contributed by atoms with Gasteiger partial charge in [0.15, 0.2) is 0 Å². The van der Waals surface area contributed by atoms with Crippen LogP contribution in [-0.4, -0.2) is 31.7 Å². The maximum Gasteiger partial charge on any atom is 0.252 e. The van der Waals surface area contributed by atoms with E-state index in [1.807, 2.05) is 32.0 Å². The summed E-state index contributed by atoms with van der Waals surface area (Å²) in [7, 11) is -3.50. The number of amides is 1. The van der Waals surface area contributed by atoms with Gasteiger partial charge in [-0.3, -0.25) is 4.79 Å². The zero-order valence-corrected chi connectivity index (χ0v) is 16.0. The van der Waals surface area contributed by atoms with Crippen molar-refractivity contribution < 1.29 is 13.2 Å². The molecule has 134 valence electrons. The first-order chi connectivity index (χ1) is 11.9. The zero-order chi connectivity index (χ0) is 18.0. The molecule has 1 N–H and O–H groups in total. The van der Waals surface area contributed by atoms with Gasteiger partial charge in [-0.15, -0.1) is 11.3 Å². The van der Waals surface area contributed by atoms with Crippen molar-refractivity contribution >= 4 is 33.0 Å². The van der Waals surface area contributed by atoms with E-state index in [0.29, 0.717) is 23.6 Å². The highest BCUT2D eigenvalue weighted by molar-refractivity contribution is 7.91.